The zero-order valence-electron chi connectivity index (χ0n) is 19.3. The lowest BCUT2D eigenvalue weighted by Gasteiger charge is -2.21. The number of hydrogen-bond donors (Lipinski definition) is 2. The third kappa shape index (κ3) is 6.41. The fourth-order valence-electron chi connectivity index (χ4n) is 3.31. The Hall–Kier alpha value is -2.26. The van der Waals surface area contributed by atoms with Crippen molar-refractivity contribution in [1.29, 1.82) is 0 Å². The molecule has 9 heteroatoms. The van der Waals surface area contributed by atoms with E-state index in [0.29, 0.717) is 5.13 Å². The van der Waals surface area contributed by atoms with Crippen LogP contribution in [0.15, 0.2) is 47.4 Å². The molecule has 0 aliphatic carbocycles. The van der Waals surface area contributed by atoms with Gasteiger partial charge in [-0.2, -0.15) is 0 Å². The summed E-state index contributed by atoms with van der Waals surface area (Å²) in [6.07, 6.45) is 2.12. The molecule has 6 nitrogen and oxygen atoms in total. The van der Waals surface area contributed by atoms with Crippen LogP contribution in [-0.4, -0.2) is 24.8 Å². The number of nitrogens with one attached hydrogen (secondary N) is 2. The minimum atomic E-state index is -3.90. The van der Waals surface area contributed by atoms with E-state index < -0.39 is 21.5 Å². The molecule has 0 atom stereocenters. The first kappa shape index (κ1) is 25.4. The fraction of sp³-hybridized carbons (Fsp3) is 0.333. The van der Waals surface area contributed by atoms with Crippen LogP contribution < -0.4 is 10.0 Å². The zero-order chi connectivity index (χ0) is 24.4. The number of sulfonamides is 1. The number of anilines is 1. The molecule has 0 spiro atoms. The lowest BCUT2D eigenvalue weighted by molar-refractivity contribution is 0.102. The van der Waals surface area contributed by atoms with Crippen molar-refractivity contribution in [1.82, 2.24) is 9.71 Å². The monoisotopic (exact) mass is 505 g/mol. The first-order valence-electron chi connectivity index (χ1n) is 10.6. The standard InChI is InChI=1S/C24H28ClN3O3S2/c1-6-7-16-8-10-17(11-9-16)21-15(2)32-23(26-21)27-22(29)18-12-13-19(25)20(14-18)33(30,31)28-24(3,4)5/h8-14,28H,6-7H2,1-5H3,(H,26,27,29). The smallest absolute Gasteiger partial charge is 0.257 e. The summed E-state index contributed by atoms with van der Waals surface area (Å²) >= 11 is 7.50. The van der Waals surface area contributed by atoms with Crippen molar-refractivity contribution in [3.05, 3.63) is 63.5 Å². The highest BCUT2D eigenvalue weighted by molar-refractivity contribution is 7.89. The van der Waals surface area contributed by atoms with E-state index in [1.807, 2.05) is 19.1 Å². The second kappa shape index (κ2) is 9.93. The number of carbonyl (C=O) groups is 1. The largest absolute Gasteiger partial charge is 0.298 e. The molecule has 1 amide bonds. The first-order chi connectivity index (χ1) is 15.4. The van der Waals surface area contributed by atoms with E-state index in [4.69, 9.17) is 11.6 Å². The molecule has 0 unspecified atom stereocenters. The van der Waals surface area contributed by atoms with Gasteiger partial charge in [0, 0.05) is 21.5 Å². The summed E-state index contributed by atoms with van der Waals surface area (Å²) in [6.45, 7) is 9.29. The van der Waals surface area contributed by atoms with Crippen molar-refractivity contribution in [3.63, 3.8) is 0 Å². The highest BCUT2D eigenvalue weighted by Crippen LogP contribution is 2.31. The molecule has 0 bridgehead atoms. The van der Waals surface area contributed by atoms with Gasteiger partial charge in [-0.15, -0.1) is 11.3 Å². The summed E-state index contributed by atoms with van der Waals surface area (Å²) in [7, 11) is -3.90. The number of rotatable bonds is 7. The van der Waals surface area contributed by atoms with Crippen LogP contribution in [0, 0.1) is 6.92 Å². The quantitative estimate of drug-likeness (QED) is 0.409. The van der Waals surface area contributed by atoms with Gasteiger partial charge in [0.05, 0.1) is 10.7 Å². The Labute approximate surface area is 204 Å². The van der Waals surface area contributed by atoms with E-state index in [1.165, 1.54) is 35.1 Å². The number of thiazole rings is 1. The molecule has 3 aromatic rings. The molecule has 0 aliphatic rings. The predicted octanol–water partition coefficient (Wildman–Crippen LogP) is 6.05. The first-order valence-corrected chi connectivity index (χ1v) is 13.3. The number of hydrogen-bond acceptors (Lipinski definition) is 5. The summed E-state index contributed by atoms with van der Waals surface area (Å²) in [5.41, 5.74) is 2.55. The molecule has 33 heavy (non-hydrogen) atoms. The van der Waals surface area contributed by atoms with Crippen LogP contribution in [0.25, 0.3) is 11.3 Å². The maximum absolute atomic E-state index is 12.9. The van der Waals surface area contributed by atoms with Crippen molar-refractivity contribution in [2.75, 3.05) is 5.32 Å². The maximum Gasteiger partial charge on any atom is 0.257 e. The lowest BCUT2D eigenvalue weighted by atomic mass is 10.1. The third-order valence-corrected chi connectivity index (χ3v) is 7.83. The molecular weight excluding hydrogens is 478 g/mol. The van der Waals surface area contributed by atoms with Gasteiger partial charge in [-0.1, -0.05) is 49.2 Å². The van der Waals surface area contributed by atoms with Crippen molar-refractivity contribution >= 4 is 44.0 Å². The van der Waals surface area contributed by atoms with Crippen LogP contribution in [0.1, 0.15) is 54.9 Å². The summed E-state index contributed by atoms with van der Waals surface area (Å²) in [5.74, 6) is -0.461. The number of nitrogens with zero attached hydrogens (tertiary/aromatic N) is 1. The third-order valence-electron chi connectivity index (χ3n) is 4.71. The van der Waals surface area contributed by atoms with E-state index in [1.54, 1.807) is 20.8 Å². The van der Waals surface area contributed by atoms with Gasteiger partial charge >= 0.3 is 0 Å². The minimum Gasteiger partial charge on any atom is -0.298 e. The molecular formula is C24H28ClN3O3S2. The van der Waals surface area contributed by atoms with Crippen LogP contribution in [0.5, 0.6) is 0 Å². The number of aryl methyl sites for hydroxylation is 2. The Morgan fingerprint density at radius 2 is 1.79 bits per heavy atom. The number of carbonyl (C=O) groups excluding carboxylic acids is 1. The fourth-order valence-corrected chi connectivity index (χ4v) is 6.09. The summed E-state index contributed by atoms with van der Waals surface area (Å²) < 4.78 is 28.0. The lowest BCUT2D eigenvalue weighted by Crippen LogP contribution is -2.40. The normalized spacial score (nSPS) is 12.1. The van der Waals surface area contributed by atoms with Crippen LogP contribution in [0.2, 0.25) is 5.02 Å². The van der Waals surface area contributed by atoms with Crippen molar-refractivity contribution < 1.29 is 13.2 Å². The van der Waals surface area contributed by atoms with Gasteiger partial charge in [0.1, 0.15) is 4.90 Å². The molecule has 176 valence electrons. The van der Waals surface area contributed by atoms with Gasteiger partial charge in [-0.25, -0.2) is 18.1 Å². The topological polar surface area (TPSA) is 88.2 Å². The Kier molecular flexibility index (Phi) is 7.63. The van der Waals surface area contributed by atoms with E-state index in [0.717, 1.165) is 29.0 Å². The number of benzene rings is 2. The molecule has 0 saturated carbocycles. The number of amides is 1. The molecule has 1 heterocycles. The molecule has 1 aromatic heterocycles. The van der Waals surface area contributed by atoms with Gasteiger partial charge in [-0.3, -0.25) is 10.1 Å². The van der Waals surface area contributed by atoms with Crippen LogP contribution in [0.3, 0.4) is 0 Å². The van der Waals surface area contributed by atoms with Gasteiger partial charge in [0.15, 0.2) is 5.13 Å². The highest BCUT2D eigenvalue weighted by Gasteiger charge is 2.25. The Morgan fingerprint density at radius 1 is 1.12 bits per heavy atom. The number of halogens is 1. The molecule has 2 aromatic carbocycles. The van der Waals surface area contributed by atoms with Crippen LogP contribution in [-0.2, 0) is 16.4 Å². The molecule has 3 rings (SSSR count). The Bertz CT molecular complexity index is 1260. The second-order valence-electron chi connectivity index (χ2n) is 8.83. The molecule has 0 aliphatic heterocycles. The molecule has 0 radical (unpaired) electrons. The Balaban J connectivity index is 1.83. The summed E-state index contributed by atoms with van der Waals surface area (Å²) in [6, 6.07) is 12.4. The molecule has 0 saturated heterocycles. The molecule has 0 fully saturated rings. The van der Waals surface area contributed by atoms with Crippen molar-refractivity contribution in [2.24, 2.45) is 0 Å². The molecule has 2 N–H and O–H groups in total. The van der Waals surface area contributed by atoms with E-state index >= 15 is 0 Å². The van der Waals surface area contributed by atoms with Gasteiger partial charge < -0.3 is 0 Å². The Morgan fingerprint density at radius 3 is 2.39 bits per heavy atom. The average molecular weight is 506 g/mol. The predicted molar refractivity (Wildman–Crippen MR) is 136 cm³/mol. The summed E-state index contributed by atoms with van der Waals surface area (Å²) in [5, 5.41) is 3.26. The van der Waals surface area contributed by atoms with Crippen LogP contribution in [0.4, 0.5) is 5.13 Å². The van der Waals surface area contributed by atoms with Crippen LogP contribution >= 0.6 is 22.9 Å². The average Bonchev–Trinajstić information content (AvgIpc) is 3.07. The second-order valence-corrected chi connectivity index (χ2v) is 12.1. The zero-order valence-corrected chi connectivity index (χ0v) is 21.7. The van der Waals surface area contributed by atoms with E-state index in [2.05, 4.69) is 34.1 Å². The minimum absolute atomic E-state index is 0.0437. The van der Waals surface area contributed by atoms with Gasteiger partial charge in [-0.05, 0) is 57.9 Å². The van der Waals surface area contributed by atoms with E-state index in [9.17, 15) is 13.2 Å². The van der Waals surface area contributed by atoms with E-state index in [-0.39, 0.29) is 15.5 Å². The van der Waals surface area contributed by atoms with Crippen molar-refractivity contribution in [3.8, 4) is 11.3 Å². The maximum atomic E-state index is 12.9. The highest BCUT2D eigenvalue weighted by atomic mass is 35.5. The number of aromatic nitrogens is 1. The van der Waals surface area contributed by atoms with Gasteiger partial charge in [0.2, 0.25) is 10.0 Å². The summed E-state index contributed by atoms with van der Waals surface area (Å²) in [4.78, 5) is 18.3. The SMILES string of the molecule is CCCc1ccc(-c2nc(NC(=O)c3ccc(Cl)c(S(=O)(=O)NC(C)(C)C)c3)sc2C)cc1. The van der Waals surface area contributed by atoms with Gasteiger partial charge in [0.25, 0.3) is 5.91 Å². The van der Waals surface area contributed by atoms with Crippen molar-refractivity contribution in [2.45, 2.75) is 57.9 Å².